The van der Waals surface area contributed by atoms with E-state index in [9.17, 15) is 9.59 Å². The first-order valence-electron chi connectivity index (χ1n) is 8.20. The molecule has 0 saturated carbocycles. The van der Waals surface area contributed by atoms with Gasteiger partial charge in [-0.1, -0.05) is 58.0 Å². The van der Waals surface area contributed by atoms with Crippen LogP contribution in [0.15, 0.2) is 54.6 Å². The molecule has 0 unspecified atom stereocenters. The SMILES string of the molecule is CC.CC.COCC(=O)c1ccccc1NC(=O)c1ccccc1. The van der Waals surface area contributed by atoms with Gasteiger partial charge in [0, 0.05) is 18.2 Å². The standard InChI is InChI=1S/C16H15NO3.2C2H6/c1-20-11-15(18)13-9-5-6-10-14(13)17-16(19)12-7-3-2-4-8-12;2*1-2/h2-10H,11H2,1H3,(H,17,19);2*1-2H3. The molecular formula is C20H27NO3. The number of hydrogen-bond acceptors (Lipinski definition) is 3. The molecule has 130 valence electrons. The number of anilines is 1. The zero-order valence-electron chi connectivity index (χ0n) is 15.1. The molecule has 24 heavy (non-hydrogen) atoms. The molecular weight excluding hydrogens is 302 g/mol. The van der Waals surface area contributed by atoms with E-state index in [1.54, 1.807) is 48.5 Å². The van der Waals surface area contributed by atoms with E-state index >= 15 is 0 Å². The lowest BCUT2D eigenvalue weighted by atomic mass is 10.1. The van der Waals surface area contributed by atoms with E-state index in [-0.39, 0.29) is 18.3 Å². The van der Waals surface area contributed by atoms with Crippen LogP contribution in [0.5, 0.6) is 0 Å². The molecule has 0 radical (unpaired) electrons. The highest BCUT2D eigenvalue weighted by molar-refractivity contribution is 6.09. The summed E-state index contributed by atoms with van der Waals surface area (Å²) >= 11 is 0. The molecule has 0 bridgehead atoms. The van der Waals surface area contributed by atoms with Gasteiger partial charge in [0.25, 0.3) is 5.91 Å². The van der Waals surface area contributed by atoms with Crippen LogP contribution < -0.4 is 5.32 Å². The highest BCUT2D eigenvalue weighted by Gasteiger charge is 2.13. The Balaban J connectivity index is 0.00000123. The van der Waals surface area contributed by atoms with Gasteiger partial charge < -0.3 is 10.1 Å². The van der Waals surface area contributed by atoms with Crippen molar-refractivity contribution in [2.24, 2.45) is 0 Å². The second-order valence-corrected chi connectivity index (χ2v) is 4.22. The summed E-state index contributed by atoms with van der Waals surface area (Å²) in [6, 6.07) is 15.7. The summed E-state index contributed by atoms with van der Waals surface area (Å²) in [6.07, 6.45) is 0. The largest absolute Gasteiger partial charge is 0.377 e. The highest BCUT2D eigenvalue weighted by atomic mass is 16.5. The fraction of sp³-hybridized carbons (Fsp3) is 0.300. The predicted octanol–water partition coefficient (Wildman–Crippen LogP) is 4.82. The third-order valence-corrected chi connectivity index (χ3v) is 2.79. The van der Waals surface area contributed by atoms with E-state index in [0.29, 0.717) is 16.8 Å². The van der Waals surface area contributed by atoms with Gasteiger partial charge in [-0.15, -0.1) is 0 Å². The van der Waals surface area contributed by atoms with Crippen molar-refractivity contribution in [3.05, 3.63) is 65.7 Å². The van der Waals surface area contributed by atoms with Gasteiger partial charge in [-0.05, 0) is 24.3 Å². The summed E-state index contributed by atoms with van der Waals surface area (Å²) in [5, 5.41) is 2.75. The molecule has 4 nitrogen and oxygen atoms in total. The maximum Gasteiger partial charge on any atom is 0.255 e. The molecule has 0 aliphatic carbocycles. The summed E-state index contributed by atoms with van der Waals surface area (Å²) in [5.74, 6) is -0.417. The summed E-state index contributed by atoms with van der Waals surface area (Å²) in [4.78, 5) is 24.0. The second-order valence-electron chi connectivity index (χ2n) is 4.22. The lowest BCUT2D eigenvalue weighted by Crippen LogP contribution is -2.16. The first-order chi connectivity index (χ1) is 11.7. The van der Waals surface area contributed by atoms with E-state index in [2.05, 4.69) is 5.32 Å². The molecule has 0 fully saturated rings. The van der Waals surface area contributed by atoms with Crippen molar-refractivity contribution >= 4 is 17.4 Å². The Morgan fingerprint density at radius 1 is 0.875 bits per heavy atom. The van der Waals surface area contributed by atoms with Gasteiger partial charge in [0.15, 0.2) is 5.78 Å². The van der Waals surface area contributed by atoms with Gasteiger partial charge in [-0.25, -0.2) is 0 Å². The van der Waals surface area contributed by atoms with Crippen molar-refractivity contribution in [2.45, 2.75) is 27.7 Å². The average molecular weight is 329 g/mol. The van der Waals surface area contributed by atoms with Gasteiger partial charge in [-0.3, -0.25) is 9.59 Å². The van der Waals surface area contributed by atoms with Crippen LogP contribution in [0.4, 0.5) is 5.69 Å². The topological polar surface area (TPSA) is 55.4 Å². The van der Waals surface area contributed by atoms with Crippen LogP contribution in [0.1, 0.15) is 48.4 Å². The molecule has 4 heteroatoms. The van der Waals surface area contributed by atoms with E-state index in [1.165, 1.54) is 7.11 Å². The van der Waals surface area contributed by atoms with E-state index in [4.69, 9.17) is 4.74 Å². The average Bonchev–Trinajstić information content (AvgIpc) is 2.66. The zero-order valence-corrected chi connectivity index (χ0v) is 15.1. The molecule has 2 rings (SSSR count). The summed E-state index contributed by atoms with van der Waals surface area (Å²) in [5.41, 5.74) is 1.48. The normalized spacial score (nSPS) is 8.88. The molecule has 0 spiro atoms. The van der Waals surface area contributed by atoms with Crippen molar-refractivity contribution in [2.75, 3.05) is 19.0 Å². The molecule has 0 saturated heterocycles. The molecule has 0 atom stereocenters. The third-order valence-electron chi connectivity index (χ3n) is 2.79. The number of ketones is 1. The van der Waals surface area contributed by atoms with Crippen LogP contribution in [-0.2, 0) is 4.74 Å². The van der Waals surface area contributed by atoms with Crippen LogP contribution in [0.25, 0.3) is 0 Å². The van der Waals surface area contributed by atoms with E-state index in [0.717, 1.165) is 0 Å². The van der Waals surface area contributed by atoms with Crippen LogP contribution in [0.3, 0.4) is 0 Å². The van der Waals surface area contributed by atoms with E-state index in [1.807, 2.05) is 33.8 Å². The molecule has 2 aromatic rings. The molecule has 2 aromatic carbocycles. The first-order valence-corrected chi connectivity index (χ1v) is 8.20. The Morgan fingerprint density at radius 2 is 1.42 bits per heavy atom. The molecule has 1 amide bonds. The number of para-hydroxylation sites is 1. The molecule has 0 aliphatic rings. The quantitative estimate of drug-likeness (QED) is 0.800. The fourth-order valence-electron chi connectivity index (χ4n) is 1.83. The molecule has 1 N–H and O–H groups in total. The predicted molar refractivity (Wildman–Crippen MR) is 99.7 cm³/mol. The maximum atomic E-state index is 12.1. The van der Waals surface area contributed by atoms with E-state index < -0.39 is 0 Å². The van der Waals surface area contributed by atoms with Gasteiger partial charge in [0.1, 0.15) is 6.61 Å². The fourth-order valence-corrected chi connectivity index (χ4v) is 1.83. The van der Waals surface area contributed by atoms with Crippen molar-refractivity contribution < 1.29 is 14.3 Å². The van der Waals surface area contributed by atoms with Gasteiger partial charge in [0.05, 0.1) is 5.69 Å². The smallest absolute Gasteiger partial charge is 0.255 e. The number of hydrogen-bond donors (Lipinski definition) is 1. The van der Waals surface area contributed by atoms with Gasteiger partial charge >= 0.3 is 0 Å². The number of rotatable bonds is 5. The number of ether oxygens (including phenoxy) is 1. The number of methoxy groups -OCH3 is 1. The number of carbonyl (C=O) groups excluding carboxylic acids is 2. The van der Waals surface area contributed by atoms with Crippen molar-refractivity contribution in [1.29, 1.82) is 0 Å². The van der Waals surface area contributed by atoms with Crippen LogP contribution >= 0.6 is 0 Å². The highest BCUT2D eigenvalue weighted by Crippen LogP contribution is 2.17. The maximum absolute atomic E-state index is 12.1. The van der Waals surface area contributed by atoms with Gasteiger partial charge in [-0.2, -0.15) is 0 Å². The Labute approximate surface area is 144 Å². The molecule has 0 aromatic heterocycles. The minimum atomic E-state index is -0.247. The minimum absolute atomic E-state index is 0.0157. The van der Waals surface area contributed by atoms with Crippen molar-refractivity contribution in [3.63, 3.8) is 0 Å². The van der Waals surface area contributed by atoms with Gasteiger partial charge in [0.2, 0.25) is 0 Å². The Morgan fingerprint density at radius 3 is 2.00 bits per heavy atom. The number of Topliss-reactive ketones (excluding diaryl/α,β-unsaturated/α-hetero) is 1. The van der Waals surface area contributed by atoms with Crippen LogP contribution in [0, 0.1) is 0 Å². The van der Waals surface area contributed by atoms with Crippen molar-refractivity contribution in [3.8, 4) is 0 Å². The molecule has 0 aliphatic heterocycles. The summed E-state index contributed by atoms with van der Waals surface area (Å²) < 4.78 is 4.84. The minimum Gasteiger partial charge on any atom is -0.377 e. The lowest BCUT2D eigenvalue weighted by Gasteiger charge is -2.10. The first kappa shape index (κ1) is 21.5. The number of benzene rings is 2. The summed E-state index contributed by atoms with van der Waals surface area (Å²) in [6.45, 7) is 7.98. The Hall–Kier alpha value is -2.46. The second kappa shape index (κ2) is 13.0. The van der Waals surface area contributed by atoms with Crippen LogP contribution in [0.2, 0.25) is 0 Å². The Bertz CT molecular complexity index is 609. The Kier molecular flexibility index (Phi) is 11.7. The monoisotopic (exact) mass is 329 g/mol. The zero-order chi connectivity index (χ0) is 18.4. The number of amides is 1. The molecule has 0 heterocycles. The number of nitrogens with one attached hydrogen (secondary N) is 1. The third kappa shape index (κ3) is 6.75. The summed E-state index contributed by atoms with van der Waals surface area (Å²) in [7, 11) is 1.46. The number of carbonyl (C=O) groups is 2. The lowest BCUT2D eigenvalue weighted by molar-refractivity contribution is 0.0849. The van der Waals surface area contributed by atoms with Crippen LogP contribution in [-0.4, -0.2) is 25.4 Å². The van der Waals surface area contributed by atoms with Crippen molar-refractivity contribution in [1.82, 2.24) is 0 Å².